The van der Waals surface area contributed by atoms with Crippen molar-refractivity contribution in [2.75, 3.05) is 7.11 Å². The number of ether oxygens (including phenoxy) is 1. The fourth-order valence-corrected chi connectivity index (χ4v) is 1.63. The van der Waals surface area contributed by atoms with Crippen LogP contribution >= 0.6 is 0 Å². The van der Waals surface area contributed by atoms with Crippen molar-refractivity contribution in [2.45, 2.75) is 0 Å². The largest absolute Gasteiger partial charge is 0.497 e. The van der Waals surface area contributed by atoms with Crippen LogP contribution in [0.25, 0.3) is 11.1 Å². The van der Waals surface area contributed by atoms with Crippen LogP contribution in [0.1, 0.15) is 5.56 Å². The van der Waals surface area contributed by atoms with E-state index in [0.717, 1.165) is 22.4 Å². The molecule has 1 heteroatoms. The highest BCUT2D eigenvalue weighted by Gasteiger charge is 2.04. The first kappa shape index (κ1) is 10.3. The van der Waals surface area contributed by atoms with Gasteiger partial charge in [0.05, 0.1) is 7.11 Å². The van der Waals surface area contributed by atoms with Crippen LogP contribution in [0.5, 0.6) is 5.75 Å². The normalized spacial score (nSPS) is 9.50. The molecule has 0 aromatic heterocycles. The molecule has 16 heavy (non-hydrogen) atoms. The molecule has 0 unspecified atom stereocenters. The van der Waals surface area contributed by atoms with E-state index in [1.165, 1.54) is 0 Å². The van der Waals surface area contributed by atoms with Gasteiger partial charge in [-0.25, -0.2) is 0 Å². The average molecular weight is 208 g/mol. The summed E-state index contributed by atoms with van der Waals surface area (Å²) in [6, 6.07) is 15.8. The summed E-state index contributed by atoms with van der Waals surface area (Å²) in [5.74, 6) is 3.51. The van der Waals surface area contributed by atoms with Gasteiger partial charge in [-0.3, -0.25) is 0 Å². The van der Waals surface area contributed by atoms with Crippen LogP contribution in [-0.4, -0.2) is 7.11 Å². The highest BCUT2D eigenvalue weighted by atomic mass is 16.5. The molecule has 0 saturated carbocycles. The third-order valence-corrected chi connectivity index (χ3v) is 2.47. The van der Waals surface area contributed by atoms with Crippen LogP contribution in [0, 0.1) is 12.3 Å². The van der Waals surface area contributed by atoms with Gasteiger partial charge in [-0.2, -0.15) is 0 Å². The molecule has 78 valence electrons. The fourth-order valence-electron chi connectivity index (χ4n) is 1.63. The molecule has 0 aliphatic heterocycles. The molecule has 0 spiro atoms. The fraction of sp³-hybridized carbons (Fsp3) is 0.0667. The molecule has 0 aliphatic rings. The van der Waals surface area contributed by atoms with Crippen LogP contribution in [0.2, 0.25) is 0 Å². The van der Waals surface area contributed by atoms with E-state index in [9.17, 15) is 0 Å². The van der Waals surface area contributed by atoms with Gasteiger partial charge in [0.1, 0.15) is 5.75 Å². The molecule has 0 saturated heterocycles. The molecule has 0 aliphatic carbocycles. The van der Waals surface area contributed by atoms with Gasteiger partial charge in [-0.05, 0) is 23.8 Å². The van der Waals surface area contributed by atoms with Gasteiger partial charge in [0, 0.05) is 11.1 Å². The van der Waals surface area contributed by atoms with E-state index in [1.54, 1.807) is 7.11 Å². The minimum Gasteiger partial charge on any atom is -0.497 e. The summed E-state index contributed by atoms with van der Waals surface area (Å²) in [4.78, 5) is 0. The Bertz CT molecular complexity index is 521. The predicted molar refractivity (Wildman–Crippen MR) is 66.4 cm³/mol. The molecule has 2 rings (SSSR count). The summed E-state index contributed by atoms with van der Waals surface area (Å²) in [5.41, 5.74) is 3.02. The first-order valence-corrected chi connectivity index (χ1v) is 5.05. The second-order valence-corrected chi connectivity index (χ2v) is 3.42. The smallest absolute Gasteiger partial charge is 0.119 e. The summed E-state index contributed by atoms with van der Waals surface area (Å²) in [6.45, 7) is 0. The van der Waals surface area contributed by atoms with Crippen molar-refractivity contribution in [1.82, 2.24) is 0 Å². The van der Waals surface area contributed by atoms with Crippen LogP contribution in [0.4, 0.5) is 0 Å². The van der Waals surface area contributed by atoms with Gasteiger partial charge in [-0.1, -0.05) is 36.3 Å². The first-order chi connectivity index (χ1) is 7.85. The summed E-state index contributed by atoms with van der Waals surface area (Å²) < 4.78 is 5.21. The Labute approximate surface area is 95.7 Å². The van der Waals surface area contributed by atoms with Crippen LogP contribution in [-0.2, 0) is 0 Å². The van der Waals surface area contributed by atoms with Crippen molar-refractivity contribution in [3.63, 3.8) is 0 Å². The maximum Gasteiger partial charge on any atom is 0.119 e. The maximum atomic E-state index is 5.49. The van der Waals surface area contributed by atoms with Crippen molar-refractivity contribution in [2.24, 2.45) is 0 Å². The molecule has 0 atom stereocenters. The molecule has 1 nitrogen and oxygen atoms in total. The number of benzene rings is 2. The molecule has 2 aromatic carbocycles. The van der Waals surface area contributed by atoms with Gasteiger partial charge >= 0.3 is 0 Å². The van der Waals surface area contributed by atoms with Gasteiger partial charge in [-0.15, -0.1) is 6.42 Å². The van der Waals surface area contributed by atoms with Crippen LogP contribution < -0.4 is 4.74 Å². The maximum absolute atomic E-state index is 5.49. The molecule has 0 heterocycles. The monoisotopic (exact) mass is 208 g/mol. The summed E-state index contributed by atoms with van der Waals surface area (Å²) in [6.07, 6.45) is 5.49. The highest BCUT2D eigenvalue weighted by Crippen LogP contribution is 2.27. The lowest BCUT2D eigenvalue weighted by atomic mass is 10.00. The van der Waals surface area contributed by atoms with Crippen molar-refractivity contribution < 1.29 is 4.74 Å². The van der Waals surface area contributed by atoms with Crippen molar-refractivity contribution in [3.05, 3.63) is 54.1 Å². The number of hydrogen-bond donors (Lipinski definition) is 0. The molecule has 0 radical (unpaired) electrons. The van der Waals surface area contributed by atoms with E-state index < -0.39 is 0 Å². The van der Waals surface area contributed by atoms with E-state index in [1.807, 2.05) is 48.5 Å². The third-order valence-electron chi connectivity index (χ3n) is 2.47. The number of hydrogen-bond acceptors (Lipinski definition) is 1. The number of terminal acetylenes is 1. The third kappa shape index (κ3) is 1.92. The minimum absolute atomic E-state index is 0.817. The lowest BCUT2D eigenvalue weighted by Gasteiger charge is -2.07. The molecular weight excluding hydrogens is 196 g/mol. The SMILES string of the molecule is C#Cc1ccc(OC)cc1-c1ccccc1. The van der Waals surface area contributed by atoms with Crippen molar-refractivity contribution >= 4 is 0 Å². The second kappa shape index (κ2) is 4.55. The number of methoxy groups -OCH3 is 1. The molecule has 0 amide bonds. The molecular formula is C15H12O. The van der Waals surface area contributed by atoms with Crippen molar-refractivity contribution in [3.8, 4) is 29.2 Å². The van der Waals surface area contributed by atoms with Gasteiger partial charge in [0.25, 0.3) is 0 Å². The Balaban J connectivity index is 2.59. The molecule has 0 fully saturated rings. The Hall–Kier alpha value is -2.20. The highest BCUT2D eigenvalue weighted by molar-refractivity contribution is 5.72. The van der Waals surface area contributed by atoms with Crippen molar-refractivity contribution in [1.29, 1.82) is 0 Å². The van der Waals surface area contributed by atoms with Crippen LogP contribution in [0.3, 0.4) is 0 Å². The Morgan fingerprint density at radius 1 is 1.06 bits per heavy atom. The van der Waals surface area contributed by atoms with Gasteiger partial charge < -0.3 is 4.74 Å². The van der Waals surface area contributed by atoms with E-state index in [0.29, 0.717) is 0 Å². The molecule has 2 aromatic rings. The first-order valence-electron chi connectivity index (χ1n) is 5.05. The van der Waals surface area contributed by atoms with E-state index >= 15 is 0 Å². The van der Waals surface area contributed by atoms with Gasteiger partial charge in [0.2, 0.25) is 0 Å². The summed E-state index contributed by atoms with van der Waals surface area (Å²) >= 11 is 0. The lowest BCUT2D eigenvalue weighted by Crippen LogP contribution is -1.87. The zero-order valence-electron chi connectivity index (χ0n) is 9.10. The quantitative estimate of drug-likeness (QED) is 0.688. The second-order valence-electron chi connectivity index (χ2n) is 3.42. The topological polar surface area (TPSA) is 9.23 Å². The average Bonchev–Trinajstić information content (AvgIpc) is 2.39. The number of rotatable bonds is 2. The zero-order valence-corrected chi connectivity index (χ0v) is 9.10. The standard InChI is InChI=1S/C15H12O/c1-3-12-9-10-14(16-2)11-15(12)13-7-5-4-6-8-13/h1,4-11H,2H3. The Kier molecular flexibility index (Phi) is 2.93. The van der Waals surface area contributed by atoms with E-state index in [2.05, 4.69) is 5.92 Å². The Morgan fingerprint density at radius 3 is 2.44 bits per heavy atom. The van der Waals surface area contributed by atoms with E-state index in [4.69, 9.17) is 11.2 Å². The zero-order chi connectivity index (χ0) is 11.4. The predicted octanol–water partition coefficient (Wildman–Crippen LogP) is 3.34. The molecule has 0 bridgehead atoms. The summed E-state index contributed by atoms with van der Waals surface area (Å²) in [7, 11) is 1.65. The Morgan fingerprint density at radius 2 is 1.81 bits per heavy atom. The lowest BCUT2D eigenvalue weighted by molar-refractivity contribution is 0.415. The van der Waals surface area contributed by atoms with E-state index in [-0.39, 0.29) is 0 Å². The molecule has 0 N–H and O–H groups in total. The summed E-state index contributed by atoms with van der Waals surface area (Å²) in [5, 5.41) is 0. The minimum atomic E-state index is 0.817. The van der Waals surface area contributed by atoms with Crippen LogP contribution in [0.15, 0.2) is 48.5 Å². The van der Waals surface area contributed by atoms with Gasteiger partial charge in [0.15, 0.2) is 0 Å².